The minimum atomic E-state index is -0.603. The molecule has 0 saturated heterocycles. The number of carbonyl (C=O) groups excluding carboxylic acids is 2. The molecule has 1 atom stereocenters. The van der Waals surface area contributed by atoms with Gasteiger partial charge in [-0.1, -0.05) is 6.07 Å². The largest absolute Gasteiger partial charge is 0.497 e. The van der Waals surface area contributed by atoms with Gasteiger partial charge in [-0.25, -0.2) is 0 Å². The Morgan fingerprint density at radius 2 is 1.78 bits per heavy atom. The van der Waals surface area contributed by atoms with Gasteiger partial charge in [0.15, 0.2) is 0 Å². The Morgan fingerprint density at radius 3 is 2.37 bits per heavy atom. The van der Waals surface area contributed by atoms with Gasteiger partial charge in [0.05, 0.1) is 7.11 Å². The van der Waals surface area contributed by atoms with Crippen molar-refractivity contribution >= 4 is 29.3 Å². The quantitative estimate of drug-likeness (QED) is 0.724. The lowest BCUT2D eigenvalue weighted by Crippen LogP contribution is -2.44. The van der Waals surface area contributed by atoms with Gasteiger partial charge in [0.1, 0.15) is 11.8 Å². The lowest BCUT2D eigenvalue weighted by Gasteiger charge is -2.19. The molecular formula is C21H26N2O3S. The van der Waals surface area contributed by atoms with E-state index in [4.69, 9.17) is 4.74 Å². The fourth-order valence-corrected chi connectivity index (χ4v) is 3.01. The number of nitrogens with one attached hydrogen (secondary N) is 2. The van der Waals surface area contributed by atoms with E-state index in [1.807, 2.05) is 38.3 Å². The highest BCUT2D eigenvalue weighted by atomic mass is 32.2. The molecule has 0 saturated carbocycles. The second-order valence-electron chi connectivity index (χ2n) is 6.32. The summed E-state index contributed by atoms with van der Waals surface area (Å²) >= 11 is 1.64. The molecule has 0 radical (unpaired) electrons. The first-order valence-corrected chi connectivity index (χ1v) is 10.2. The minimum absolute atomic E-state index is 0.214. The number of aryl methyl sites for hydroxylation is 2. The van der Waals surface area contributed by atoms with Crippen LogP contribution in [0.4, 0.5) is 5.69 Å². The van der Waals surface area contributed by atoms with Crippen molar-refractivity contribution in [1.29, 1.82) is 0 Å². The van der Waals surface area contributed by atoms with Gasteiger partial charge in [-0.2, -0.15) is 11.8 Å². The third kappa shape index (κ3) is 6.03. The van der Waals surface area contributed by atoms with E-state index in [2.05, 4.69) is 10.6 Å². The number of thioether (sulfide) groups is 1. The van der Waals surface area contributed by atoms with E-state index in [1.54, 1.807) is 43.1 Å². The number of amides is 2. The monoisotopic (exact) mass is 386 g/mol. The van der Waals surface area contributed by atoms with E-state index in [1.165, 1.54) is 5.56 Å². The molecule has 0 aliphatic heterocycles. The van der Waals surface area contributed by atoms with Crippen LogP contribution in [0.25, 0.3) is 0 Å². The van der Waals surface area contributed by atoms with Gasteiger partial charge >= 0.3 is 0 Å². The highest BCUT2D eigenvalue weighted by Crippen LogP contribution is 2.16. The number of hydrogen-bond donors (Lipinski definition) is 2. The first-order chi connectivity index (χ1) is 12.9. The summed E-state index contributed by atoms with van der Waals surface area (Å²) in [5.41, 5.74) is 3.50. The van der Waals surface area contributed by atoms with Crippen molar-refractivity contribution in [2.45, 2.75) is 26.3 Å². The zero-order valence-corrected chi connectivity index (χ0v) is 17.0. The van der Waals surface area contributed by atoms with E-state index in [0.717, 1.165) is 17.0 Å². The molecule has 2 rings (SSSR count). The minimum Gasteiger partial charge on any atom is -0.497 e. The topological polar surface area (TPSA) is 67.4 Å². The van der Waals surface area contributed by atoms with Crippen LogP contribution >= 0.6 is 11.8 Å². The van der Waals surface area contributed by atoms with Crippen molar-refractivity contribution in [3.05, 3.63) is 59.2 Å². The van der Waals surface area contributed by atoms with Crippen molar-refractivity contribution in [3.8, 4) is 5.75 Å². The van der Waals surface area contributed by atoms with Crippen LogP contribution in [-0.4, -0.2) is 37.0 Å². The molecule has 0 heterocycles. The zero-order valence-electron chi connectivity index (χ0n) is 16.2. The Kier molecular flexibility index (Phi) is 7.73. The first kappa shape index (κ1) is 20.8. The summed E-state index contributed by atoms with van der Waals surface area (Å²) in [5.74, 6) is 0.958. The molecule has 0 spiro atoms. The number of hydrogen-bond acceptors (Lipinski definition) is 4. The third-order valence-corrected chi connectivity index (χ3v) is 5.00. The SMILES string of the molecule is COc1ccc(C(=O)N[C@H](CCSC)C(=O)Nc2ccc(C)c(C)c2)cc1. The number of ether oxygens (including phenoxy) is 1. The van der Waals surface area contributed by atoms with E-state index in [0.29, 0.717) is 17.7 Å². The molecule has 2 N–H and O–H groups in total. The second kappa shape index (κ2) is 10.0. The predicted octanol–water partition coefficient (Wildman–Crippen LogP) is 3.80. The van der Waals surface area contributed by atoms with Gasteiger partial charge in [-0.3, -0.25) is 9.59 Å². The van der Waals surface area contributed by atoms with E-state index in [9.17, 15) is 9.59 Å². The Morgan fingerprint density at radius 1 is 1.07 bits per heavy atom. The molecule has 0 aliphatic rings. The van der Waals surface area contributed by atoms with Crippen LogP contribution in [0.2, 0.25) is 0 Å². The molecule has 2 aromatic carbocycles. The molecule has 144 valence electrons. The van der Waals surface area contributed by atoms with Crippen LogP contribution in [0, 0.1) is 13.8 Å². The summed E-state index contributed by atoms with van der Waals surface area (Å²) in [6, 6.07) is 12.0. The van der Waals surface area contributed by atoms with Gasteiger partial charge in [0.2, 0.25) is 5.91 Å². The molecule has 0 unspecified atom stereocenters. The maximum Gasteiger partial charge on any atom is 0.251 e. The molecule has 0 fully saturated rings. The number of rotatable bonds is 8. The average molecular weight is 387 g/mol. The van der Waals surface area contributed by atoms with Crippen molar-refractivity contribution in [2.24, 2.45) is 0 Å². The Balaban J connectivity index is 2.08. The van der Waals surface area contributed by atoms with Gasteiger partial charge < -0.3 is 15.4 Å². The standard InChI is InChI=1S/C21H26N2O3S/c1-14-5-8-17(13-15(14)2)22-21(25)19(11-12-27-4)23-20(24)16-6-9-18(26-3)10-7-16/h5-10,13,19H,11-12H2,1-4H3,(H,22,25)(H,23,24)/t19-/m1/s1. The summed E-state index contributed by atoms with van der Waals surface area (Å²) in [4.78, 5) is 25.3. The molecule has 2 amide bonds. The summed E-state index contributed by atoms with van der Waals surface area (Å²) < 4.78 is 5.11. The van der Waals surface area contributed by atoms with E-state index < -0.39 is 6.04 Å². The molecule has 5 nitrogen and oxygen atoms in total. The van der Waals surface area contributed by atoms with Crippen LogP contribution in [0.5, 0.6) is 5.75 Å². The van der Waals surface area contributed by atoms with Crippen LogP contribution in [0.3, 0.4) is 0 Å². The van der Waals surface area contributed by atoms with Crippen LogP contribution in [-0.2, 0) is 4.79 Å². The lowest BCUT2D eigenvalue weighted by atomic mass is 10.1. The van der Waals surface area contributed by atoms with Gasteiger partial charge in [-0.15, -0.1) is 0 Å². The summed E-state index contributed by atoms with van der Waals surface area (Å²) in [5, 5.41) is 5.76. The maximum absolute atomic E-state index is 12.7. The van der Waals surface area contributed by atoms with Crippen molar-refractivity contribution < 1.29 is 14.3 Å². The fourth-order valence-electron chi connectivity index (χ4n) is 2.54. The van der Waals surface area contributed by atoms with Gasteiger partial charge in [0.25, 0.3) is 5.91 Å². The number of anilines is 1. The predicted molar refractivity (Wildman–Crippen MR) is 112 cm³/mol. The summed E-state index contributed by atoms with van der Waals surface area (Å²) in [6.07, 6.45) is 2.53. The Hall–Kier alpha value is -2.47. The maximum atomic E-state index is 12.7. The van der Waals surface area contributed by atoms with Gasteiger partial charge in [0, 0.05) is 11.3 Å². The molecule has 0 aromatic heterocycles. The zero-order chi connectivity index (χ0) is 19.8. The highest BCUT2D eigenvalue weighted by Gasteiger charge is 2.21. The molecule has 0 aliphatic carbocycles. The average Bonchev–Trinajstić information content (AvgIpc) is 2.67. The van der Waals surface area contributed by atoms with Crippen LogP contribution < -0.4 is 15.4 Å². The van der Waals surface area contributed by atoms with Gasteiger partial charge in [-0.05, 0) is 79.8 Å². The Bertz CT molecular complexity index is 791. The van der Waals surface area contributed by atoms with E-state index >= 15 is 0 Å². The molecule has 2 aromatic rings. The van der Waals surface area contributed by atoms with Crippen LogP contribution in [0.1, 0.15) is 27.9 Å². The van der Waals surface area contributed by atoms with Crippen LogP contribution in [0.15, 0.2) is 42.5 Å². The number of benzene rings is 2. The fraction of sp³-hybridized carbons (Fsp3) is 0.333. The summed E-state index contributed by atoms with van der Waals surface area (Å²) in [6.45, 7) is 4.03. The normalized spacial score (nSPS) is 11.6. The molecular weight excluding hydrogens is 360 g/mol. The molecule has 0 bridgehead atoms. The number of methoxy groups -OCH3 is 1. The third-order valence-electron chi connectivity index (χ3n) is 4.36. The highest BCUT2D eigenvalue weighted by molar-refractivity contribution is 7.98. The Labute approximate surface area is 164 Å². The van der Waals surface area contributed by atoms with Crippen molar-refractivity contribution in [2.75, 3.05) is 24.4 Å². The lowest BCUT2D eigenvalue weighted by molar-refractivity contribution is -0.118. The molecule has 6 heteroatoms. The van der Waals surface area contributed by atoms with E-state index in [-0.39, 0.29) is 11.8 Å². The smallest absolute Gasteiger partial charge is 0.251 e. The first-order valence-electron chi connectivity index (χ1n) is 8.76. The number of carbonyl (C=O) groups is 2. The second-order valence-corrected chi connectivity index (χ2v) is 7.31. The molecule has 27 heavy (non-hydrogen) atoms. The van der Waals surface area contributed by atoms with Crippen molar-refractivity contribution in [1.82, 2.24) is 5.32 Å². The summed E-state index contributed by atoms with van der Waals surface area (Å²) in [7, 11) is 1.57. The van der Waals surface area contributed by atoms with Crippen molar-refractivity contribution in [3.63, 3.8) is 0 Å².